The molecule has 3 aromatic carbocycles. The zero-order chi connectivity index (χ0) is 22.6. The van der Waals surface area contributed by atoms with Gasteiger partial charge in [-0.3, -0.25) is 9.52 Å². The molecule has 3 aromatic rings. The lowest BCUT2D eigenvalue weighted by Crippen LogP contribution is -2.30. The largest absolute Gasteiger partial charge is 0.481 e. The molecule has 0 aliphatic heterocycles. The molecule has 0 aromatic heterocycles. The summed E-state index contributed by atoms with van der Waals surface area (Å²) in [7, 11) is -3.77. The zero-order valence-electron chi connectivity index (χ0n) is 17.3. The van der Waals surface area contributed by atoms with Crippen molar-refractivity contribution in [3.05, 3.63) is 83.7 Å². The first-order chi connectivity index (χ1) is 14.6. The van der Waals surface area contributed by atoms with Gasteiger partial charge in [-0.05, 0) is 92.6 Å². The fourth-order valence-corrected chi connectivity index (χ4v) is 3.80. The van der Waals surface area contributed by atoms with Crippen LogP contribution in [0.2, 0.25) is 0 Å². The molecule has 31 heavy (non-hydrogen) atoms. The Morgan fingerprint density at radius 1 is 0.903 bits per heavy atom. The average molecular weight is 443 g/mol. The lowest BCUT2D eigenvalue weighted by Gasteiger charge is -2.15. The highest BCUT2D eigenvalue weighted by molar-refractivity contribution is 7.92. The molecule has 1 atom stereocenters. The zero-order valence-corrected chi connectivity index (χ0v) is 18.2. The molecule has 0 unspecified atom stereocenters. The molecule has 0 aliphatic carbocycles. The van der Waals surface area contributed by atoms with Crippen molar-refractivity contribution < 1.29 is 22.3 Å². The molecule has 0 aliphatic rings. The summed E-state index contributed by atoms with van der Waals surface area (Å²) >= 11 is 0. The van der Waals surface area contributed by atoms with E-state index in [9.17, 15) is 17.6 Å². The van der Waals surface area contributed by atoms with Gasteiger partial charge in [0.1, 0.15) is 11.6 Å². The number of halogens is 1. The molecular weight excluding hydrogens is 419 g/mol. The number of rotatable bonds is 7. The third-order valence-electron chi connectivity index (χ3n) is 4.69. The number of sulfonamides is 1. The van der Waals surface area contributed by atoms with Crippen molar-refractivity contribution in [3.63, 3.8) is 0 Å². The van der Waals surface area contributed by atoms with Crippen molar-refractivity contribution in [1.82, 2.24) is 0 Å². The van der Waals surface area contributed by atoms with E-state index < -0.39 is 27.9 Å². The van der Waals surface area contributed by atoms with E-state index in [1.54, 1.807) is 19.1 Å². The molecule has 8 heteroatoms. The van der Waals surface area contributed by atoms with Gasteiger partial charge in [0.25, 0.3) is 15.9 Å². The number of hydrogen-bond acceptors (Lipinski definition) is 4. The Morgan fingerprint density at radius 3 is 2.13 bits per heavy atom. The maximum absolute atomic E-state index is 13.0. The van der Waals surface area contributed by atoms with Gasteiger partial charge in [-0.15, -0.1) is 0 Å². The number of amides is 1. The van der Waals surface area contributed by atoms with E-state index in [0.29, 0.717) is 17.1 Å². The summed E-state index contributed by atoms with van der Waals surface area (Å²) in [5.41, 5.74) is 2.95. The van der Waals surface area contributed by atoms with E-state index in [-0.39, 0.29) is 4.90 Å². The number of carbonyl (C=O) groups excluding carboxylic acids is 1. The van der Waals surface area contributed by atoms with Crippen molar-refractivity contribution >= 4 is 27.3 Å². The SMILES string of the molecule is Cc1ccc(NS(=O)(=O)c2ccc(NC(=O)[C@H](C)Oc3ccc(F)cc3)cc2)cc1C. The predicted molar refractivity (Wildman–Crippen MR) is 118 cm³/mol. The second kappa shape index (κ2) is 9.18. The van der Waals surface area contributed by atoms with Crippen LogP contribution in [0.15, 0.2) is 71.6 Å². The van der Waals surface area contributed by atoms with Gasteiger partial charge in [0.15, 0.2) is 6.10 Å². The topological polar surface area (TPSA) is 84.5 Å². The number of hydrogen-bond donors (Lipinski definition) is 2. The molecule has 3 rings (SSSR count). The minimum Gasteiger partial charge on any atom is -0.481 e. The molecule has 0 bridgehead atoms. The standard InChI is InChI=1S/C23H23FN2O4S/c1-15-4-7-20(14-16(15)2)26-31(28,29)22-12-8-19(9-13-22)25-23(27)17(3)30-21-10-5-18(24)6-11-21/h4-14,17,26H,1-3H3,(H,25,27)/t17-/m0/s1. The molecule has 162 valence electrons. The van der Waals surface area contributed by atoms with E-state index in [1.807, 2.05) is 19.9 Å². The number of carbonyl (C=O) groups is 1. The lowest BCUT2D eigenvalue weighted by atomic mass is 10.1. The van der Waals surface area contributed by atoms with Gasteiger partial charge in [0, 0.05) is 11.4 Å². The van der Waals surface area contributed by atoms with E-state index in [4.69, 9.17) is 4.74 Å². The number of nitrogens with one attached hydrogen (secondary N) is 2. The molecule has 0 saturated carbocycles. The highest BCUT2D eigenvalue weighted by atomic mass is 32.2. The summed E-state index contributed by atoms with van der Waals surface area (Å²) < 4.78 is 46.2. The van der Waals surface area contributed by atoms with Gasteiger partial charge in [-0.2, -0.15) is 0 Å². The van der Waals surface area contributed by atoms with E-state index >= 15 is 0 Å². The Hall–Kier alpha value is -3.39. The van der Waals surface area contributed by atoms with Gasteiger partial charge in [0.05, 0.1) is 4.90 Å². The fourth-order valence-electron chi connectivity index (χ4n) is 2.75. The van der Waals surface area contributed by atoms with E-state index in [0.717, 1.165) is 11.1 Å². The van der Waals surface area contributed by atoms with Gasteiger partial charge in [-0.1, -0.05) is 6.07 Å². The number of benzene rings is 3. The van der Waals surface area contributed by atoms with Gasteiger partial charge < -0.3 is 10.1 Å². The van der Waals surface area contributed by atoms with Crippen molar-refractivity contribution in [2.75, 3.05) is 10.0 Å². The van der Waals surface area contributed by atoms with E-state index in [2.05, 4.69) is 10.0 Å². The monoisotopic (exact) mass is 442 g/mol. The summed E-state index contributed by atoms with van der Waals surface area (Å²) in [5, 5.41) is 2.66. The van der Waals surface area contributed by atoms with Crippen molar-refractivity contribution in [3.8, 4) is 5.75 Å². The second-order valence-electron chi connectivity index (χ2n) is 7.13. The summed E-state index contributed by atoms with van der Waals surface area (Å²) in [4.78, 5) is 12.4. The first-order valence-corrected chi connectivity index (χ1v) is 11.1. The Kier molecular flexibility index (Phi) is 6.60. The van der Waals surface area contributed by atoms with Crippen LogP contribution < -0.4 is 14.8 Å². The molecule has 0 radical (unpaired) electrons. The molecule has 0 fully saturated rings. The summed E-state index contributed by atoms with van der Waals surface area (Å²) in [5.74, 6) is -0.456. The van der Waals surface area contributed by atoms with Crippen LogP contribution in [0.3, 0.4) is 0 Å². The molecule has 0 spiro atoms. The molecule has 6 nitrogen and oxygen atoms in total. The van der Waals surface area contributed by atoms with Gasteiger partial charge in [-0.25, -0.2) is 12.8 Å². The Morgan fingerprint density at radius 2 is 1.52 bits per heavy atom. The third-order valence-corrected chi connectivity index (χ3v) is 6.08. The Bertz CT molecular complexity index is 1180. The lowest BCUT2D eigenvalue weighted by molar-refractivity contribution is -0.122. The van der Waals surface area contributed by atoms with Crippen molar-refractivity contribution in [1.29, 1.82) is 0 Å². The van der Waals surface area contributed by atoms with Crippen LogP contribution in [0.1, 0.15) is 18.1 Å². The van der Waals surface area contributed by atoms with Crippen LogP contribution in [0.5, 0.6) is 5.75 Å². The number of ether oxygens (including phenoxy) is 1. The minimum atomic E-state index is -3.77. The Labute approximate surface area is 181 Å². The van der Waals surface area contributed by atoms with Crippen LogP contribution in [-0.4, -0.2) is 20.4 Å². The minimum absolute atomic E-state index is 0.0688. The van der Waals surface area contributed by atoms with Crippen LogP contribution in [-0.2, 0) is 14.8 Å². The molecular formula is C23H23FN2O4S. The van der Waals surface area contributed by atoms with Gasteiger partial charge in [0.2, 0.25) is 0 Å². The third kappa shape index (κ3) is 5.82. The van der Waals surface area contributed by atoms with Crippen LogP contribution in [0.4, 0.5) is 15.8 Å². The highest BCUT2D eigenvalue weighted by Crippen LogP contribution is 2.21. The fraction of sp³-hybridized carbons (Fsp3) is 0.174. The number of anilines is 2. The highest BCUT2D eigenvalue weighted by Gasteiger charge is 2.17. The maximum atomic E-state index is 13.0. The molecule has 2 N–H and O–H groups in total. The smallest absolute Gasteiger partial charge is 0.265 e. The average Bonchev–Trinajstić information content (AvgIpc) is 2.72. The van der Waals surface area contributed by atoms with E-state index in [1.165, 1.54) is 48.5 Å². The first-order valence-electron chi connectivity index (χ1n) is 9.57. The molecule has 0 heterocycles. The summed E-state index contributed by atoms with van der Waals surface area (Å²) in [6.45, 7) is 5.42. The van der Waals surface area contributed by atoms with Crippen LogP contribution in [0.25, 0.3) is 0 Å². The summed E-state index contributed by atoms with van der Waals surface area (Å²) in [6.07, 6.45) is -0.833. The molecule has 1 amide bonds. The second-order valence-corrected chi connectivity index (χ2v) is 8.81. The van der Waals surface area contributed by atoms with Gasteiger partial charge >= 0.3 is 0 Å². The normalized spacial score (nSPS) is 12.1. The quantitative estimate of drug-likeness (QED) is 0.558. The predicted octanol–water partition coefficient (Wildman–Crippen LogP) is 4.65. The van der Waals surface area contributed by atoms with Crippen molar-refractivity contribution in [2.24, 2.45) is 0 Å². The van der Waals surface area contributed by atoms with Crippen molar-refractivity contribution in [2.45, 2.75) is 31.8 Å². The first kappa shape index (κ1) is 22.3. The molecule has 0 saturated heterocycles. The van der Waals surface area contributed by atoms with Crippen LogP contribution in [0, 0.1) is 19.7 Å². The Balaban J connectivity index is 1.63. The van der Waals surface area contributed by atoms with Crippen LogP contribution >= 0.6 is 0 Å². The maximum Gasteiger partial charge on any atom is 0.265 e. The number of aryl methyl sites for hydroxylation is 2. The summed E-state index contributed by atoms with van der Waals surface area (Å²) in [6, 6.07) is 16.5.